The van der Waals surface area contributed by atoms with E-state index in [1.807, 2.05) is 114 Å². The molecule has 0 spiro atoms. The fourth-order valence-corrected chi connectivity index (χ4v) is 16.2. The number of benzene rings is 4. The highest BCUT2D eigenvalue weighted by molar-refractivity contribution is 7.23. The van der Waals surface area contributed by atoms with Crippen molar-refractivity contribution in [1.82, 2.24) is 59.4 Å². The van der Waals surface area contributed by atoms with Gasteiger partial charge in [-0.2, -0.15) is 15.3 Å². The van der Waals surface area contributed by atoms with Crippen LogP contribution in [0.15, 0.2) is 177 Å². The number of nitrogens with one attached hydrogen (secondary N) is 1. The van der Waals surface area contributed by atoms with Crippen molar-refractivity contribution >= 4 is 111 Å². The first-order valence-corrected chi connectivity index (χ1v) is 45.6. The quantitative estimate of drug-likeness (QED) is 0.0195. The number of carbonyl (C=O) groups is 5. The van der Waals surface area contributed by atoms with Crippen molar-refractivity contribution in [2.75, 3.05) is 45.0 Å². The molecule has 0 unspecified atom stereocenters. The summed E-state index contributed by atoms with van der Waals surface area (Å²) in [6, 6.07) is 34.2. The molecule has 16 rings (SSSR count). The summed E-state index contributed by atoms with van der Waals surface area (Å²) in [5, 5.41) is 16.8. The van der Waals surface area contributed by atoms with E-state index in [2.05, 4.69) is 47.2 Å². The Hall–Kier alpha value is -11.6. The normalized spacial score (nSPS) is 12.9. The van der Waals surface area contributed by atoms with Crippen LogP contribution in [0.3, 0.4) is 0 Å². The van der Waals surface area contributed by atoms with Crippen LogP contribution in [-0.4, -0.2) is 140 Å². The summed E-state index contributed by atoms with van der Waals surface area (Å²) in [5.41, 5.74) is 15.7. The average Bonchev–Trinajstić information content (AvgIpc) is 1.66. The van der Waals surface area contributed by atoms with Gasteiger partial charge in [0, 0.05) is 175 Å². The van der Waals surface area contributed by atoms with E-state index in [-0.39, 0.29) is 53.8 Å². The number of rotatable bonds is 33. The maximum absolute atomic E-state index is 15.0. The summed E-state index contributed by atoms with van der Waals surface area (Å²) >= 11 is 9.48. The lowest BCUT2D eigenvalue weighted by Crippen LogP contribution is -2.39. The monoisotopic (exact) mass is 1810 g/mol. The molecule has 9 heterocycles. The molecule has 2 amide bonds. The molecule has 3 fully saturated rings. The first-order chi connectivity index (χ1) is 61.0. The number of anilines is 1. The van der Waals surface area contributed by atoms with Gasteiger partial charge >= 0.3 is 17.6 Å². The van der Waals surface area contributed by atoms with E-state index in [1.165, 1.54) is 59.8 Å². The van der Waals surface area contributed by atoms with Crippen LogP contribution in [0.4, 0.5) is 33.2 Å². The zero-order chi connectivity index (χ0) is 90.3. The van der Waals surface area contributed by atoms with Gasteiger partial charge in [-0.3, -0.25) is 38.6 Å². The van der Waals surface area contributed by atoms with Gasteiger partial charge in [0.05, 0.1) is 68.9 Å². The van der Waals surface area contributed by atoms with Gasteiger partial charge in [0.25, 0.3) is 0 Å². The van der Waals surface area contributed by atoms with Crippen molar-refractivity contribution in [3.8, 4) is 71.6 Å². The van der Waals surface area contributed by atoms with E-state index in [4.69, 9.17) is 46.8 Å². The van der Waals surface area contributed by atoms with Crippen LogP contribution in [0, 0.1) is 29.3 Å². The Morgan fingerprint density at radius 1 is 0.488 bits per heavy atom. The number of ether oxygens (including phenoxy) is 6. The molecular formula is C95H108ClF3N14O11S3. The van der Waals surface area contributed by atoms with Crippen LogP contribution < -0.4 is 35.7 Å². The largest absolute Gasteiger partial charge is 0.453 e. The maximum atomic E-state index is 15.0. The highest BCUT2D eigenvalue weighted by atomic mass is 35.5. The number of nitrogens with two attached hydrogens (primary N) is 2. The molecule has 3 aliphatic rings. The topological polar surface area (TPSA) is 303 Å². The van der Waals surface area contributed by atoms with Crippen molar-refractivity contribution in [1.29, 1.82) is 0 Å². The number of fused-ring (bicyclic) bond motifs is 3. The second-order valence-corrected chi connectivity index (χ2v) is 36.8. The van der Waals surface area contributed by atoms with Crippen LogP contribution >= 0.6 is 45.6 Å². The lowest BCUT2D eigenvalue weighted by molar-refractivity contribution is -0.119. The Morgan fingerprint density at radius 2 is 0.874 bits per heavy atom. The summed E-state index contributed by atoms with van der Waals surface area (Å²) < 4.78 is 85.4. The number of thiophene rings is 3. The molecular weight excluding hydrogens is 1700 g/mol. The minimum atomic E-state index is -0.814. The number of pyridine rings is 3. The molecule has 25 nitrogen and oxygen atoms in total. The van der Waals surface area contributed by atoms with Gasteiger partial charge < -0.3 is 55.0 Å². The number of para-hydroxylation sites is 1. The Kier molecular flexibility index (Phi) is 33.3. The zero-order valence-electron chi connectivity index (χ0n) is 72.8. The second-order valence-electron chi connectivity index (χ2n) is 33.3. The number of carbonyl (C=O) groups excluding carboxylic acids is 5. The molecule has 670 valence electrons. The number of hydrogen-bond donors (Lipinski definition) is 3. The number of nitrogen functional groups attached to an aromatic ring is 1. The molecule has 0 bridgehead atoms. The number of aromatic nitrogens is 9. The second kappa shape index (κ2) is 44.7. The molecule has 127 heavy (non-hydrogen) atoms. The van der Waals surface area contributed by atoms with Crippen LogP contribution in [0.2, 0.25) is 0 Å². The Balaban J connectivity index is 0.000000160. The van der Waals surface area contributed by atoms with E-state index in [0.29, 0.717) is 110 Å². The third-order valence-corrected chi connectivity index (χ3v) is 23.4. The SMILES string of the molecule is CCCN(CCn1cc(-c2cc3nccc(Oc4ccc(CC(=O)CC5CC5)cc4F)c3s2)cn1)C(=O)OC(C)(C)C.CCCN(CCn1cc(-c2cc3nccc(Oc4ccc(N)cc4F)c3s2)cn1)C(=O)OC(C)(C)C.CCCNCCn1cc(-c2cc3nccc(Oc4ccc(CC(=O)CC5CC5)cc4F)c3s2)cn1.NC1CC1.O=C(Cl)Oc1ccccc1. The number of ketones is 2. The van der Waals surface area contributed by atoms with Gasteiger partial charge in [-0.1, -0.05) is 51.1 Å². The van der Waals surface area contributed by atoms with Crippen LogP contribution in [0.5, 0.6) is 40.2 Å². The zero-order valence-corrected chi connectivity index (χ0v) is 76.0. The molecule has 0 aliphatic heterocycles. The van der Waals surface area contributed by atoms with Crippen LogP contribution in [-0.2, 0) is 51.5 Å². The number of amides is 2. The summed E-state index contributed by atoms with van der Waals surface area (Å²) in [6.07, 6.45) is 27.1. The molecule has 3 saturated carbocycles. The van der Waals surface area contributed by atoms with Gasteiger partial charge in [0.15, 0.2) is 34.7 Å². The van der Waals surface area contributed by atoms with Crippen LogP contribution in [0.1, 0.15) is 144 Å². The Bertz CT molecular complexity index is 5870. The fourth-order valence-electron chi connectivity index (χ4n) is 13.0. The van der Waals surface area contributed by atoms with Gasteiger partial charge in [0.2, 0.25) is 0 Å². The Morgan fingerprint density at radius 3 is 1.22 bits per heavy atom. The molecule has 9 aromatic heterocycles. The third-order valence-electron chi connectivity index (χ3n) is 19.7. The molecule has 0 atom stereocenters. The summed E-state index contributed by atoms with van der Waals surface area (Å²) in [4.78, 5) is 79.3. The summed E-state index contributed by atoms with van der Waals surface area (Å²) in [5.74, 6) is 2.25. The fraction of sp³-hybridized carbons (Fsp3) is 0.379. The van der Waals surface area contributed by atoms with Gasteiger partial charge in [0.1, 0.15) is 45.8 Å². The predicted molar refractivity (Wildman–Crippen MR) is 493 cm³/mol. The van der Waals surface area contributed by atoms with Crippen LogP contribution in [0.25, 0.3) is 62.0 Å². The smallest absolute Gasteiger partial charge is 0.410 e. The van der Waals surface area contributed by atoms with Crippen molar-refractivity contribution in [2.24, 2.45) is 17.6 Å². The molecule has 3 aliphatic carbocycles. The number of nitrogens with zero attached hydrogens (tertiary/aromatic N) is 11. The molecule has 0 saturated heterocycles. The lowest BCUT2D eigenvalue weighted by Gasteiger charge is -2.27. The Labute approximate surface area is 753 Å². The van der Waals surface area contributed by atoms with Crippen molar-refractivity contribution in [3.05, 3.63) is 206 Å². The summed E-state index contributed by atoms with van der Waals surface area (Å²) in [7, 11) is 0. The number of Topliss-reactive ketones (excluding diaryl/α,β-unsaturated/α-hetero) is 2. The van der Waals surface area contributed by atoms with Gasteiger partial charge in [-0.25, -0.2) is 27.6 Å². The average molecular weight is 1810 g/mol. The van der Waals surface area contributed by atoms with Gasteiger partial charge in [-0.15, -0.1) is 34.0 Å². The van der Waals surface area contributed by atoms with E-state index in [9.17, 15) is 37.1 Å². The van der Waals surface area contributed by atoms with E-state index in [1.54, 1.807) is 130 Å². The first kappa shape index (κ1) is 94.5. The maximum Gasteiger partial charge on any atom is 0.410 e. The highest BCUT2D eigenvalue weighted by Crippen LogP contribution is 2.44. The van der Waals surface area contributed by atoms with Crippen molar-refractivity contribution < 1.29 is 65.6 Å². The molecule has 4 aromatic carbocycles. The van der Waals surface area contributed by atoms with Crippen molar-refractivity contribution in [2.45, 2.75) is 183 Å². The highest BCUT2D eigenvalue weighted by Gasteiger charge is 2.29. The predicted octanol–water partition coefficient (Wildman–Crippen LogP) is 22.5. The summed E-state index contributed by atoms with van der Waals surface area (Å²) in [6.45, 7) is 23.3. The molecule has 0 radical (unpaired) electrons. The third kappa shape index (κ3) is 29.5. The minimum absolute atomic E-state index is 0.0982. The first-order valence-electron chi connectivity index (χ1n) is 42.7. The molecule has 13 aromatic rings. The van der Waals surface area contributed by atoms with Gasteiger partial charge in [-0.05, 0) is 196 Å². The minimum Gasteiger partial charge on any atom is -0.453 e. The number of hydrogen-bond acceptors (Lipinski definition) is 23. The van der Waals surface area contributed by atoms with E-state index < -0.39 is 34.1 Å². The standard InChI is InChI=1S/C32H37FN4O4S.C27H29FN4O2S.C26H30FN5O3S.C7H5ClO2.C3H7N/c1-5-12-36(31(39)41-32(2,3)4)13-14-37-20-23(19-35-37)29-18-26-30(42-29)28(10-11-34-26)40-27-9-8-22(17-25(27)33)16-24(38)15-21-6-7-21;1-2-8-29-10-11-32-17-20(16-31-32)26-15-23-27(35-26)25(7-9-30-23)34-24-6-5-19(14-22(24)28)13-21(33)12-18-3-4-18;1-5-10-31(25(33)35-26(2,3)4)11-12-32-16-17(15-30-32)23-14-20-24(36-23)22(8-9-29-20)34-21-7-6-18(28)13-19(21)27;8-7(9)10-6-4-2-1-3-5-6;4-3-1-2-3/h8-11,17-21H,5-7,12-16H2,1-4H3;5-7,9,14-18,29H,2-4,8,10-13H2,1H3;6-9,13-16H,5,10-12,28H2,1-4H3;1-5H;3H,1-2,4H2. The van der Waals surface area contributed by atoms with Crippen molar-refractivity contribution in [3.63, 3.8) is 0 Å². The number of halogens is 4. The van der Waals surface area contributed by atoms with E-state index >= 15 is 0 Å². The molecule has 32 heteroatoms. The lowest BCUT2D eigenvalue weighted by atomic mass is 10.0. The molecule has 5 N–H and O–H groups in total. The van der Waals surface area contributed by atoms with E-state index in [0.717, 1.165) is 127 Å².